The minimum atomic E-state index is -0.103. The number of benzene rings is 1. The van der Waals surface area contributed by atoms with Crippen molar-refractivity contribution in [3.63, 3.8) is 0 Å². The summed E-state index contributed by atoms with van der Waals surface area (Å²) in [7, 11) is 0. The summed E-state index contributed by atoms with van der Waals surface area (Å²) in [5.41, 5.74) is 0.786. The normalized spacial score (nSPS) is 18.9. The molecule has 4 nitrogen and oxygen atoms in total. The molecule has 1 aromatic carbocycles. The van der Waals surface area contributed by atoms with Gasteiger partial charge < -0.3 is 15.4 Å². The molecular formula is C15H22N2O2S. The van der Waals surface area contributed by atoms with Crippen LogP contribution >= 0.6 is 11.8 Å². The van der Waals surface area contributed by atoms with Crippen LogP contribution in [0.3, 0.4) is 0 Å². The topological polar surface area (TPSA) is 50.4 Å². The number of rotatable bonds is 5. The van der Waals surface area contributed by atoms with Crippen LogP contribution in [0.25, 0.3) is 0 Å². The van der Waals surface area contributed by atoms with Gasteiger partial charge >= 0.3 is 0 Å². The lowest BCUT2D eigenvalue weighted by Gasteiger charge is -2.22. The Morgan fingerprint density at radius 2 is 2.40 bits per heavy atom. The van der Waals surface area contributed by atoms with Gasteiger partial charge in [-0.25, -0.2) is 0 Å². The lowest BCUT2D eigenvalue weighted by atomic mass is 10.2. The van der Waals surface area contributed by atoms with Gasteiger partial charge in [-0.2, -0.15) is 11.8 Å². The predicted molar refractivity (Wildman–Crippen MR) is 84.5 cm³/mol. The van der Waals surface area contributed by atoms with Crippen molar-refractivity contribution >= 4 is 23.4 Å². The van der Waals surface area contributed by atoms with Crippen molar-refractivity contribution in [2.45, 2.75) is 19.9 Å². The predicted octanol–water partition coefficient (Wildman–Crippen LogP) is 2.36. The summed E-state index contributed by atoms with van der Waals surface area (Å²) >= 11 is 1.81. The molecule has 0 aromatic heterocycles. The number of carbonyl (C=O) groups is 1. The number of anilines is 1. The average molecular weight is 294 g/mol. The molecule has 1 amide bonds. The molecule has 1 fully saturated rings. The van der Waals surface area contributed by atoms with Gasteiger partial charge in [-0.3, -0.25) is 4.79 Å². The van der Waals surface area contributed by atoms with Crippen molar-refractivity contribution < 1.29 is 9.53 Å². The van der Waals surface area contributed by atoms with Gasteiger partial charge in [0.15, 0.2) is 0 Å². The maximum Gasteiger partial charge on any atom is 0.242 e. The SMILES string of the molecule is CC(C)COc1cccc(NC(=O)C2CSCCN2)c1. The second-order valence-corrected chi connectivity index (χ2v) is 6.45. The molecule has 2 N–H and O–H groups in total. The first kappa shape index (κ1) is 15.2. The van der Waals surface area contributed by atoms with E-state index in [4.69, 9.17) is 4.74 Å². The Morgan fingerprint density at radius 1 is 1.55 bits per heavy atom. The summed E-state index contributed by atoms with van der Waals surface area (Å²) in [6.07, 6.45) is 0. The number of ether oxygens (including phenoxy) is 1. The van der Waals surface area contributed by atoms with Gasteiger partial charge in [0.1, 0.15) is 5.75 Å². The van der Waals surface area contributed by atoms with Crippen LogP contribution in [0.15, 0.2) is 24.3 Å². The molecule has 0 radical (unpaired) electrons. The van der Waals surface area contributed by atoms with Gasteiger partial charge in [0.25, 0.3) is 0 Å². The molecule has 1 aliphatic rings. The van der Waals surface area contributed by atoms with Gasteiger partial charge in [-0.15, -0.1) is 0 Å². The monoisotopic (exact) mass is 294 g/mol. The van der Waals surface area contributed by atoms with E-state index < -0.39 is 0 Å². The molecule has 0 bridgehead atoms. The number of carbonyl (C=O) groups excluding carboxylic acids is 1. The second-order valence-electron chi connectivity index (χ2n) is 5.30. The van der Waals surface area contributed by atoms with E-state index in [0.29, 0.717) is 12.5 Å². The van der Waals surface area contributed by atoms with Crippen LogP contribution in [0.5, 0.6) is 5.75 Å². The molecule has 1 atom stereocenters. The first-order chi connectivity index (χ1) is 9.65. The maximum absolute atomic E-state index is 12.1. The van der Waals surface area contributed by atoms with Crippen molar-refractivity contribution in [1.29, 1.82) is 0 Å². The lowest BCUT2D eigenvalue weighted by molar-refractivity contribution is -0.117. The Bertz CT molecular complexity index is 445. The third-order valence-electron chi connectivity index (χ3n) is 2.92. The number of hydrogen-bond donors (Lipinski definition) is 2. The molecule has 5 heteroatoms. The minimum Gasteiger partial charge on any atom is -0.493 e. The smallest absolute Gasteiger partial charge is 0.242 e. The highest BCUT2D eigenvalue weighted by molar-refractivity contribution is 7.99. The van der Waals surface area contributed by atoms with Crippen LogP contribution in [-0.4, -0.2) is 36.6 Å². The fourth-order valence-corrected chi connectivity index (χ4v) is 2.82. The maximum atomic E-state index is 12.1. The Kier molecular flexibility index (Phi) is 5.73. The molecule has 0 aliphatic carbocycles. The Balaban J connectivity index is 1.91. The molecule has 2 rings (SSSR count). The van der Waals surface area contributed by atoms with Gasteiger partial charge in [0.05, 0.1) is 12.6 Å². The van der Waals surface area contributed by atoms with E-state index in [0.717, 1.165) is 29.5 Å². The Morgan fingerprint density at radius 3 is 3.10 bits per heavy atom. The van der Waals surface area contributed by atoms with Crippen molar-refractivity contribution in [2.24, 2.45) is 5.92 Å². The molecule has 1 saturated heterocycles. The number of nitrogens with one attached hydrogen (secondary N) is 2. The van der Waals surface area contributed by atoms with Gasteiger partial charge in [0.2, 0.25) is 5.91 Å². The van der Waals surface area contributed by atoms with E-state index in [-0.39, 0.29) is 11.9 Å². The zero-order valence-electron chi connectivity index (χ0n) is 12.0. The largest absolute Gasteiger partial charge is 0.493 e. The van der Waals surface area contributed by atoms with E-state index >= 15 is 0 Å². The average Bonchev–Trinajstić information content (AvgIpc) is 2.46. The van der Waals surface area contributed by atoms with Gasteiger partial charge in [0, 0.05) is 29.8 Å². The van der Waals surface area contributed by atoms with E-state index in [9.17, 15) is 4.79 Å². The first-order valence-corrected chi connectivity index (χ1v) is 8.15. The summed E-state index contributed by atoms with van der Waals surface area (Å²) in [6.45, 7) is 5.79. The Hall–Kier alpha value is -1.20. The third kappa shape index (κ3) is 4.72. The minimum absolute atomic E-state index is 0.0261. The van der Waals surface area contributed by atoms with E-state index in [1.165, 1.54) is 0 Å². The number of hydrogen-bond acceptors (Lipinski definition) is 4. The molecule has 20 heavy (non-hydrogen) atoms. The summed E-state index contributed by atoms with van der Waals surface area (Å²) in [4.78, 5) is 12.1. The van der Waals surface area contributed by atoms with Crippen molar-refractivity contribution in [1.82, 2.24) is 5.32 Å². The zero-order valence-corrected chi connectivity index (χ0v) is 12.8. The highest BCUT2D eigenvalue weighted by Crippen LogP contribution is 2.19. The molecule has 110 valence electrons. The third-order valence-corrected chi connectivity index (χ3v) is 3.98. The standard InChI is InChI=1S/C15H22N2O2S/c1-11(2)9-19-13-5-3-4-12(8-13)17-15(18)14-10-20-7-6-16-14/h3-5,8,11,14,16H,6-7,9-10H2,1-2H3,(H,17,18). The zero-order chi connectivity index (χ0) is 14.4. The molecule has 1 aliphatic heterocycles. The fraction of sp³-hybridized carbons (Fsp3) is 0.533. The quantitative estimate of drug-likeness (QED) is 0.875. The van der Waals surface area contributed by atoms with Crippen LogP contribution in [0.2, 0.25) is 0 Å². The summed E-state index contributed by atoms with van der Waals surface area (Å²) in [5.74, 6) is 3.20. The van der Waals surface area contributed by atoms with E-state index in [1.54, 1.807) is 0 Å². The van der Waals surface area contributed by atoms with Crippen molar-refractivity contribution in [2.75, 3.05) is 30.0 Å². The van der Waals surface area contributed by atoms with Crippen LogP contribution in [0.1, 0.15) is 13.8 Å². The molecule has 1 heterocycles. The van der Waals surface area contributed by atoms with E-state index in [2.05, 4.69) is 24.5 Å². The highest BCUT2D eigenvalue weighted by atomic mass is 32.2. The number of amides is 1. The van der Waals surface area contributed by atoms with Gasteiger partial charge in [-0.05, 0) is 18.1 Å². The van der Waals surface area contributed by atoms with Crippen LogP contribution in [0.4, 0.5) is 5.69 Å². The molecule has 1 unspecified atom stereocenters. The lowest BCUT2D eigenvalue weighted by Crippen LogP contribution is -2.46. The van der Waals surface area contributed by atoms with Crippen LogP contribution < -0.4 is 15.4 Å². The number of thioether (sulfide) groups is 1. The van der Waals surface area contributed by atoms with Gasteiger partial charge in [-0.1, -0.05) is 19.9 Å². The summed E-state index contributed by atoms with van der Waals surface area (Å²) in [6, 6.07) is 7.46. The van der Waals surface area contributed by atoms with Crippen LogP contribution in [0, 0.1) is 5.92 Å². The van der Waals surface area contributed by atoms with Crippen molar-refractivity contribution in [3.05, 3.63) is 24.3 Å². The second kappa shape index (κ2) is 7.55. The first-order valence-electron chi connectivity index (χ1n) is 7.00. The summed E-state index contributed by atoms with van der Waals surface area (Å²) in [5, 5.41) is 6.17. The molecule has 1 aromatic rings. The molecule has 0 saturated carbocycles. The van der Waals surface area contributed by atoms with E-state index in [1.807, 2.05) is 36.0 Å². The van der Waals surface area contributed by atoms with Crippen LogP contribution in [-0.2, 0) is 4.79 Å². The molecule has 0 spiro atoms. The Labute approximate surface area is 124 Å². The van der Waals surface area contributed by atoms with Crippen molar-refractivity contribution in [3.8, 4) is 5.75 Å². The molecular weight excluding hydrogens is 272 g/mol. The highest BCUT2D eigenvalue weighted by Gasteiger charge is 2.20. The summed E-state index contributed by atoms with van der Waals surface area (Å²) < 4.78 is 5.66. The fourth-order valence-electron chi connectivity index (χ4n) is 1.89.